The molecule has 0 aliphatic carbocycles. The van der Waals surface area contributed by atoms with Crippen LogP contribution in [0.3, 0.4) is 0 Å². The summed E-state index contributed by atoms with van der Waals surface area (Å²) in [6.07, 6.45) is 2.43. The number of carbonyl (C=O) groups excluding carboxylic acids is 2. The van der Waals surface area contributed by atoms with Gasteiger partial charge >= 0.3 is 5.97 Å². The van der Waals surface area contributed by atoms with E-state index < -0.39 is 5.97 Å². The van der Waals surface area contributed by atoms with Crippen molar-refractivity contribution in [3.63, 3.8) is 0 Å². The van der Waals surface area contributed by atoms with Gasteiger partial charge in [0, 0.05) is 25.0 Å². The number of aliphatic carboxylic acids is 1. The van der Waals surface area contributed by atoms with E-state index in [9.17, 15) is 14.4 Å². The Labute approximate surface area is 114 Å². The first kappa shape index (κ1) is 14.9. The van der Waals surface area contributed by atoms with Crippen molar-refractivity contribution < 1.29 is 19.5 Å². The third-order valence-corrected chi connectivity index (χ3v) is 3.27. The zero-order valence-corrected chi connectivity index (χ0v) is 11.4. The summed E-state index contributed by atoms with van der Waals surface area (Å²) in [4.78, 5) is 35.9. The molecule has 0 fully saturated rings. The molecule has 0 saturated carbocycles. The van der Waals surface area contributed by atoms with Crippen molar-refractivity contribution in [1.29, 1.82) is 0 Å². The average molecular weight is 282 g/mol. The molecular formula is C12H14N2O4S. The minimum Gasteiger partial charge on any atom is -0.478 e. The maximum absolute atomic E-state index is 12.0. The summed E-state index contributed by atoms with van der Waals surface area (Å²) < 4.78 is 0. The van der Waals surface area contributed by atoms with E-state index in [0.29, 0.717) is 9.75 Å². The number of carbonyl (C=O) groups is 3. The van der Waals surface area contributed by atoms with Crippen LogP contribution < -0.4 is 5.32 Å². The van der Waals surface area contributed by atoms with Crippen LogP contribution >= 0.6 is 11.3 Å². The molecule has 1 aromatic heterocycles. The SMILES string of the molecule is CNC(=O)CN(C)C(=O)c1ccc(C=CC(=O)O)s1. The molecule has 0 aromatic carbocycles. The Morgan fingerprint density at radius 1 is 1.42 bits per heavy atom. The first-order valence-electron chi connectivity index (χ1n) is 5.41. The summed E-state index contributed by atoms with van der Waals surface area (Å²) >= 11 is 1.17. The van der Waals surface area contributed by atoms with Crippen LogP contribution in [0.5, 0.6) is 0 Å². The fourth-order valence-electron chi connectivity index (χ4n) is 1.27. The summed E-state index contributed by atoms with van der Waals surface area (Å²) in [7, 11) is 3.03. The Morgan fingerprint density at radius 2 is 2.11 bits per heavy atom. The Bertz CT molecular complexity index is 522. The molecule has 0 aliphatic rings. The molecule has 2 N–H and O–H groups in total. The van der Waals surface area contributed by atoms with Crippen LogP contribution in [0.25, 0.3) is 6.08 Å². The van der Waals surface area contributed by atoms with Crippen molar-refractivity contribution in [3.05, 3.63) is 28.0 Å². The van der Waals surface area contributed by atoms with Crippen molar-refractivity contribution >= 4 is 35.2 Å². The maximum atomic E-state index is 12.0. The number of rotatable bonds is 5. The second kappa shape index (κ2) is 6.69. The molecule has 1 rings (SSSR count). The molecule has 1 heterocycles. The molecule has 0 atom stereocenters. The zero-order chi connectivity index (χ0) is 14.4. The van der Waals surface area contributed by atoms with Gasteiger partial charge in [-0.15, -0.1) is 11.3 Å². The van der Waals surface area contributed by atoms with E-state index in [1.165, 1.54) is 36.4 Å². The molecule has 19 heavy (non-hydrogen) atoms. The molecule has 0 unspecified atom stereocenters. The highest BCUT2D eigenvalue weighted by Crippen LogP contribution is 2.19. The standard InChI is InChI=1S/C12H14N2O4S/c1-13-10(15)7-14(2)12(18)9-5-3-8(19-9)4-6-11(16)17/h3-6H,7H2,1-2H3,(H,13,15)(H,16,17). The number of nitrogens with one attached hydrogen (secondary N) is 1. The molecule has 6 nitrogen and oxygen atoms in total. The third-order valence-electron chi connectivity index (χ3n) is 2.23. The number of nitrogens with zero attached hydrogens (tertiary/aromatic N) is 1. The quantitative estimate of drug-likeness (QED) is 0.777. The predicted octanol–water partition coefficient (Wildman–Crippen LogP) is 0.664. The highest BCUT2D eigenvalue weighted by atomic mass is 32.1. The average Bonchev–Trinajstić information content (AvgIpc) is 2.83. The number of likely N-dealkylation sites (N-methyl/N-ethyl adjacent to an activating group) is 2. The van der Waals surface area contributed by atoms with E-state index in [0.717, 1.165) is 6.08 Å². The Morgan fingerprint density at radius 3 is 2.68 bits per heavy atom. The van der Waals surface area contributed by atoms with E-state index in [1.807, 2.05) is 0 Å². The van der Waals surface area contributed by atoms with Gasteiger partial charge in [0.05, 0.1) is 11.4 Å². The van der Waals surface area contributed by atoms with Crippen molar-refractivity contribution in [2.75, 3.05) is 20.6 Å². The number of carboxylic acid groups (broad SMARTS) is 1. The highest BCUT2D eigenvalue weighted by molar-refractivity contribution is 7.14. The monoisotopic (exact) mass is 282 g/mol. The van der Waals surface area contributed by atoms with E-state index >= 15 is 0 Å². The normalized spacial score (nSPS) is 10.4. The van der Waals surface area contributed by atoms with Gasteiger partial charge in [0.15, 0.2) is 0 Å². The van der Waals surface area contributed by atoms with Crippen molar-refractivity contribution in [2.45, 2.75) is 0 Å². The maximum Gasteiger partial charge on any atom is 0.328 e. The van der Waals surface area contributed by atoms with Gasteiger partial charge in [-0.2, -0.15) is 0 Å². The topological polar surface area (TPSA) is 86.7 Å². The fourth-order valence-corrected chi connectivity index (χ4v) is 2.17. The van der Waals surface area contributed by atoms with Crippen molar-refractivity contribution in [2.24, 2.45) is 0 Å². The van der Waals surface area contributed by atoms with E-state index in [-0.39, 0.29) is 18.4 Å². The minimum atomic E-state index is -1.04. The lowest BCUT2D eigenvalue weighted by molar-refractivity contribution is -0.131. The smallest absolute Gasteiger partial charge is 0.328 e. The third kappa shape index (κ3) is 4.55. The molecular weight excluding hydrogens is 268 g/mol. The number of carboxylic acids is 1. The lowest BCUT2D eigenvalue weighted by Gasteiger charge is -2.14. The summed E-state index contributed by atoms with van der Waals surface area (Å²) in [5, 5.41) is 10.9. The van der Waals surface area contributed by atoms with Crippen LogP contribution in [-0.4, -0.2) is 48.4 Å². The van der Waals surface area contributed by atoms with Crippen LogP contribution in [0.1, 0.15) is 14.5 Å². The van der Waals surface area contributed by atoms with Gasteiger partial charge in [-0.1, -0.05) is 0 Å². The van der Waals surface area contributed by atoms with Crippen LogP contribution in [0.2, 0.25) is 0 Å². The Balaban J connectivity index is 2.72. The predicted molar refractivity (Wildman–Crippen MR) is 72.0 cm³/mol. The van der Waals surface area contributed by atoms with Gasteiger partial charge in [-0.05, 0) is 18.2 Å². The summed E-state index contributed by atoms with van der Waals surface area (Å²) in [5.74, 6) is -1.57. The van der Waals surface area contributed by atoms with Gasteiger partial charge in [0.1, 0.15) is 0 Å². The minimum absolute atomic E-state index is 0.0203. The molecule has 0 radical (unpaired) electrons. The fraction of sp³-hybridized carbons (Fsp3) is 0.250. The summed E-state index contributed by atoms with van der Waals surface area (Å²) in [6, 6.07) is 3.26. The van der Waals surface area contributed by atoms with Gasteiger partial charge < -0.3 is 15.3 Å². The summed E-state index contributed by atoms with van der Waals surface area (Å²) in [5.41, 5.74) is 0. The van der Waals surface area contributed by atoms with E-state index in [4.69, 9.17) is 5.11 Å². The van der Waals surface area contributed by atoms with Crippen molar-refractivity contribution in [3.8, 4) is 0 Å². The first-order valence-corrected chi connectivity index (χ1v) is 6.22. The summed E-state index contributed by atoms with van der Waals surface area (Å²) in [6.45, 7) is -0.0203. The first-order chi connectivity index (χ1) is 8.93. The largest absolute Gasteiger partial charge is 0.478 e. The van der Waals surface area contributed by atoms with Gasteiger partial charge in [0.25, 0.3) is 5.91 Å². The molecule has 1 aromatic rings. The Kier molecular flexibility index (Phi) is 5.25. The second-order valence-corrected chi connectivity index (χ2v) is 4.82. The Hall–Kier alpha value is -2.15. The van der Waals surface area contributed by atoms with E-state index in [1.54, 1.807) is 12.1 Å². The molecule has 7 heteroatoms. The second-order valence-electron chi connectivity index (χ2n) is 3.71. The molecule has 0 aliphatic heterocycles. The van der Waals surface area contributed by atoms with Crippen LogP contribution in [0.4, 0.5) is 0 Å². The van der Waals surface area contributed by atoms with E-state index in [2.05, 4.69) is 5.32 Å². The van der Waals surface area contributed by atoms with Gasteiger partial charge in [0.2, 0.25) is 5.91 Å². The molecule has 0 spiro atoms. The lowest BCUT2D eigenvalue weighted by atomic mass is 10.3. The lowest BCUT2D eigenvalue weighted by Crippen LogP contribution is -2.36. The number of amides is 2. The number of hydrogen-bond donors (Lipinski definition) is 2. The van der Waals surface area contributed by atoms with Crippen LogP contribution in [0, 0.1) is 0 Å². The van der Waals surface area contributed by atoms with Crippen LogP contribution in [0.15, 0.2) is 18.2 Å². The molecule has 0 bridgehead atoms. The molecule has 2 amide bonds. The zero-order valence-electron chi connectivity index (χ0n) is 10.5. The number of hydrogen-bond acceptors (Lipinski definition) is 4. The van der Waals surface area contributed by atoms with Crippen molar-refractivity contribution in [1.82, 2.24) is 10.2 Å². The van der Waals surface area contributed by atoms with Gasteiger partial charge in [-0.3, -0.25) is 9.59 Å². The highest BCUT2D eigenvalue weighted by Gasteiger charge is 2.15. The van der Waals surface area contributed by atoms with Gasteiger partial charge in [-0.25, -0.2) is 4.79 Å². The molecule has 0 saturated heterocycles. The molecule has 102 valence electrons. The number of thiophene rings is 1. The van der Waals surface area contributed by atoms with Crippen LogP contribution in [-0.2, 0) is 9.59 Å².